The number of rotatable bonds is 5. The number of ether oxygens (including phenoxy) is 1. The highest BCUT2D eigenvalue weighted by molar-refractivity contribution is 5.92. The zero-order valence-corrected chi connectivity index (χ0v) is 16.7. The molecular formula is C23H23FN4O2. The molecule has 3 aromatic rings. The van der Waals surface area contributed by atoms with Crippen LogP contribution >= 0.6 is 0 Å². The Morgan fingerprint density at radius 2 is 1.87 bits per heavy atom. The highest BCUT2D eigenvalue weighted by Crippen LogP contribution is 2.27. The van der Waals surface area contributed by atoms with E-state index in [0.717, 1.165) is 35.9 Å². The number of benzene rings is 2. The summed E-state index contributed by atoms with van der Waals surface area (Å²) < 4.78 is 18.5. The van der Waals surface area contributed by atoms with Crippen LogP contribution < -0.4 is 15.0 Å². The van der Waals surface area contributed by atoms with E-state index >= 15 is 0 Å². The second-order valence-corrected chi connectivity index (χ2v) is 7.25. The van der Waals surface area contributed by atoms with E-state index < -0.39 is 0 Å². The number of halogens is 1. The first-order valence-electron chi connectivity index (χ1n) is 9.90. The summed E-state index contributed by atoms with van der Waals surface area (Å²) in [4.78, 5) is 23.5. The van der Waals surface area contributed by atoms with Gasteiger partial charge in [-0.1, -0.05) is 6.07 Å². The molecule has 1 amide bonds. The van der Waals surface area contributed by atoms with Gasteiger partial charge in [0.1, 0.15) is 23.7 Å². The molecule has 1 N–H and O–H groups in total. The van der Waals surface area contributed by atoms with Gasteiger partial charge in [0.15, 0.2) is 0 Å². The Bertz CT molecular complexity index is 1020. The molecule has 0 aliphatic carbocycles. The Labute approximate surface area is 174 Å². The minimum absolute atomic E-state index is 0.0677. The summed E-state index contributed by atoms with van der Waals surface area (Å²) in [5, 5.41) is 2.81. The molecule has 154 valence electrons. The van der Waals surface area contributed by atoms with E-state index in [-0.39, 0.29) is 17.6 Å². The molecule has 6 nitrogen and oxygen atoms in total. The van der Waals surface area contributed by atoms with Crippen molar-refractivity contribution in [2.75, 3.05) is 30.4 Å². The van der Waals surface area contributed by atoms with Crippen LogP contribution in [0.5, 0.6) is 5.75 Å². The van der Waals surface area contributed by atoms with Crippen LogP contribution in [0.4, 0.5) is 15.9 Å². The number of carbonyl (C=O) groups excluding carboxylic acids is 1. The molecule has 0 bridgehead atoms. The third-order valence-electron chi connectivity index (χ3n) is 5.32. The largest absolute Gasteiger partial charge is 0.497 e. The van der Waals surface area contributed by atoms with Crippen LogP contribution in [0, 0.1) is 11.7 Å². The smallest absolute Gasteiger partial charge is 0.227 e. The van der Waals surface area contributed by atoms with Crippen molar-refractivity contribution in [3.05, 3.63) is 66.7 Å². The van der Waals surface area contributed by atoms with E-state index in [0.29, 0.717) is 18.5 Å². The molecule has 1 aliphatic rings. The first kappa shape index (κ1) is 19.8. The monoisotopic (exact) mass is 406 g/mol. The number of nitrogens with zero attached hydrogens (tertiary/aromatic N) is 3. The van der Waals surface area contributed by atoms with Crippen molar-refractivity contribution in [3.63, 3.8) is 0 Å². The Hall–Kier alpha value is -3.48. The van der Waals surface area contributed by atoms with Gasteiger partial charge >= 0.3 is 0 Å². The van der Waals surface area contributed by atoms with Gasteiger partial charge in [-0.05, 0) is 55.3 Å². The Morgan fingerprint density at radius 3 is 2.57 bits per heavy atom. The first-order chi connectivity index (χ1) is 14.6. The second-order valence-electron chi connectivity index (χ2n) is 7.25. The Balaban J connectivity index is 1.38. The highest BCUT2D eigenvalue weighted by atomic mass is 19.1. The lowest BCUT2D eigenvalue weighted by Crippen LogP contribution is -2.38. The van der Waals surface area contributed by atoms with Gasteiger partial charge in [-0.3, -0.25) is 4.79 Å². The average molecular weight is 406 g/mol. The van der Waals surface area contributed by atoms with Crippen molar-refractivity contribution in [2.24, 2.45) is 5.92 Å². The molecule has 7 heteroatoms. The number of amides is 1. The topological polar surface area (TPSA) is 67.3 Å². The summed E-state index contributed by atoms with van der Waals surface area (Å²) in [7, 11) is 1.64. The molecule has 0 atom stereocenters. The maximum Gasteiger partial charge on any atom is 0.227 e. The van der Waals surface area contributed by atoms with Crippen LogP contribution in [-0.2, 0) is 4.79 Å². The lowest BCUT2D eigenvalue weighted by atomic mass is 9.95. The van der Waals surface area contributed by atoms with Crippen LogP contribution in [0.2, 0.25) is 0 Å². The zero-order valence-electron chi connectivity index (χ0n) is 16.7. The molecule has 1 saturated heterocycles. The summed E-state index contributed by atoms with van der Waals surface area (Å²) in [5.74, 6) is 1.11. The summed E-state index contributed by atoms with van der Waals surface area (Å²) in [6.45, 7) is 1.45. The van der Waals surface area contributed by atoms with Gasteiger partial charge in [-0.15, -0.1) is 0 Å². The number of anilines is 2. The normalized spacial score (nSPS) is 14.4. The van der Waals surface area contributed by atoms with Crippen LogP contribution in [0.3, 0.4) is 0 Å². The summed E-state index contributed by atoms with van der Waals surface area (Å²) >= 11 is 0. The Kier molecular flexibility index (Phi) is 5.88. The van der Waals surface area contributed by atoms with Crippen molar-refractivity contribution in [1.29, 1.82) is 0 Å². The van der Waals surface area contributed by atoms with E-state index in [4.69, 9.17) is 4.74 Å². The maximum absolute atomic E-state index is 13.3. The zero-order chi connectivity index (χ0) is 20.9. The molecular weight excluding hydrogens is 383 g/mol. The number of carbonyl (C=O) groups is 1. The van der Waals surface area contributed by atoms with Gasteiger partial charge in [0.2, 0.25) is 5.91 Å². The van der Waals surface area contributed by atoms with E-state index in [1.807, 2.05) is 30.3 Å². The fraction of sp³-hybridized carbons (Fsp3) is 0.261. The van der Waals surface area contributed by atoms with E-state index in [9.17, 15) is 9.18 Å². The second kappa shape index (κ2) is 8.90. The number of hydrogen-bond donors (Lipinski definition) is 1. The first-order valence-corrected chi connectivity index (χ1v) is 9.90. The van der Waals surface area contributed by atoms with Crippen molar-refractivity contribution in [1.82, 2.24) is 9.97 Å². The molecule has 30 heavy (non-hydrogen) atoms. The molecule has 0 saturated carbocycles. The summed E-state index contributed by atoms with van der Waals surface area (Å²) in [6, 6.07) is 15.7. The van der Waals surface area contributed by atoms with Gasteiger partial charge in [-0.25, -0.2) is 14.4 Å². The molecule has 1 aliphatic heterocycles. The number of hydrogen-bond acceptors (Lipinski definition) is 5. The van der Waals surface area contributed by atoms with Crippen LogP contribution in [0.1, 0.15) is 12.8 Å². The number of aromatic nitrogens is 2. The van der Waals surface area contributed by atoms with Crippen LogP contribution in [0.15, 0.2) is 60.9 Å². The minimum Gasteiger partial charge on any atom is -0.497 e. The van der Waals surface area contributed by atoms with Crippen LogP contribution in [-0.4, -0.2) is 36.1 Å². The summed E-state index contributed by atoms with van der Waals surface area (Å²) in [5.41, 5.74) is 2.32. The van der Waals surface area contributed by atoms with Crippen molar-refractivity contribution < 1.29 is 13.9 Å². The molecule has 0 spiro atoms. The van der Waals surface area contributed by atoms with Gasteiger partial charge < -0.3 is 15.0 Å². The molecule has 2 heterocycles. The fourth-order valence-corrected chi connectivity index (χ4v) is 3.62. The number of nitrogens with one attached hydrogen (secondary N) is 1. The molecule has 1 fully saturated rings. The molecule has 1 aromatic heterocycles. The molecule has 0 unspecified atom stereocenters. The van der Waals surface area contributed by atoms with Gasteiger partial charge in [-0.2, -0.15) is 0 Å². The van der Waals surface area contributed by atoms with Gasteiger partial charge in [0.05, 0.1) is 12.8 Å². The van der Waals surface area contributed by atoms with Crippen molar-refractivity contribution >= 4 is 17.4 Å². The highest BCUT2D eigenvalue weighted by Gasteiger charge is 2.26. The third kappa shape index (κ3) is 4.56. The number of piperidine rings is 1. The van der Waals surface area contributed by atoms with Crippen LogP contribution in [0.25, 0.3) is 11.3 Å². The number of methoxy groups -OCH3 is 1. The predicted octanol–water partition coefficient (Wildman–Crippen LogP) is 4.15. The molecule has 4 rings (SSSR count). The third-order valence-corrected chi connectivity index (χ3v) is 5.32. The van der Waals surface area contributed by atoms with E-state index in [1.54, 1.807) is 25.6 Å². The van der Waals surface area contributed by atoms with Crippen molar-refractivity contribution in [2.45, 2.75) is 12.8 Å². The lowest BCUT2D eigenvalue weighted by Gasteiger charge is -2.32. The SMILES string of the molecule is COc1ccc(-c2cc(N3CCC(C(=O)Nc4cccc(F)c4)CC3)ncn2)cc1. The standard InChI is InChI=1S/C23H23FN4O2/c1-30-20-7-5-16(6-8-20)21-14-22(26-15-25-21)28-11-9-17(10-12-28)23(29)27-19-4-2-3-18(24)13-19/h2-8,13-15,17H,9-12H2,1H3,(H,27,29). The van der Waals surface area contributed by atoms with E-state index in [2.05, 4.69) is 20.2 Å². The lowest BCUT2D eigenvalue weighted by molar-refractivity contribution is -0.120. The van der Waals surface area contributed by atoms with Crippen molar-refractivity contribution in [3.8, 4) is 17.0 Å². The fourth-order valence-electron chi connectivity index (χ4n) is 3.62. The molecule has 0 radical (unpaired) electrons. The quantitative estimate of drug-likeness (QED) is 0.690. The predicted molar refractivity (Wildman–Crippen MR) is 114 cm³/mol. The average Bonchev–Trinajstić information content (AvgIpc) is 2.79. The maximum atomic E-state index is 13.3. The van der Waals surface area contributed by atoms with E-state index in [1.165, 1.54) is 12.1 Å². The minimum atomic E-state index is -0.362. The van der Waals surface area contributed by atoms with Gasteiger partial charge in [0.25, 0.3) is 0 Å². The Morgan fingerprint density at radius 1 is 1.10 bits per heavy atom. The molecule has 2 aromatic carbocycles. The summed E-state index contributed by atoms with van der Waals surface area (Å²) in [6.07, 6.45) is 2.99. The van der Waals surface area contributed by atoms with Gasteiger partial charge in [0, 0.05) is 36.3 Å².